The molecule has 104 valence electrons. The summed E-state index contributed by atoms with van der Waals surface area (Å²) in [5.74, 6) is 0.0988. The number of anilines is 1. The van der Waals surface area contributed by atoms with E-state index in [0.717, 1.165) is 0 Å². The summed E-state index contributed by atoms with van der Waals surface area (Å²) in [5, 5.41) is 14.0. The van der Waals surface area contributed by atoms with E-state index in [-0.39, 0.29) is 28.0 Å². The molecule has 1 heterocycles. The van der Waals surface area contributed by atoms with Crippen LogP contribution in [0.25, 0.3) is 5.69 Å². The molecule has 8 heteroatoms. The highest BCUT2D eigenvalue weighted by Gasteiger charge is 2.20. The molecule has 0 saturated heterocycles. The fourth-order valence-electron chi connectivity index (χ4n) is 1.74. The first kappa shape index (κ1) is 14.9. The number of ether oxygens (including phenoxy) is 1. The predicted octanol–water partition coefficient (Wildman–Crippen LogP) is 3.43. The number of nitrogens with two attached hydrogens (primary N) is 1. The van der Waals surface area contributed by atoms with Gasteiger partial charge in [0.1, 0.15) is 11.6 Å². The summed E-state index contributed by atoms with van der Waals surface area (Å²) in [7, 11) is 1.51. The Balaban J connectivity index is 2.71. The molecule has 2 N–H and O–H groups in total. The van der Waals surface area contributed by atoms with Crippen LogP contribution in [0.1, 0.15) is 11.3 Å². The van der Waals surface area contributed by atoms with Gasteiger partial charge >= 0.3 is 0 Å². The van der Waals surface area contributed by atoms with E-state index in [1.165, 1.54) is 11.8 Å². The Bertz CT molecular complexity index is 706. The number of methoxy groups -OCH3 is 1. The molecule has 1 aromatic heterocycles. The molecule has 0 radical (unpaired) electrons. The van der Waals surface area contributed by atoms with E-state index in [0.29, 0.717) is 16.4 Å². The van der Waals surface area contributed by atoms with Gasteiger partial charge in [0.05, 0.1) is 33.1 Å². The number of rotatable bonds is 3. The van der Waals surface area contributed by atoms with E-state index in [4.69, 9.17) is 50.5 Å². The minimum Gasteiger partial charge on any atom is -0.381 e. The number of benzene rings is 1. The van der Waals surface area contributed by atoms with Gasteiger partial charge in [0, 0.05) is 7.11 Å². The number of nitriles is 1. The molecule has 0 aliphatic rings. The van der Waals surface area contributed by atoms with Crippen LogP contribution in [0.5, 0.6) is 0 Å². The maximum absolute atomic E-state index is 9.14. The average Bonchev–Trinajstić information content (AvgIpc) is 2.73. The Kier molecular flexibility index (Phi) is 4.41. The molecule has 0 saturated carbocycles. The molecule has 0 unspecified atom stereocenters. The highest BCUT2D eigenvalue weighted by molar-refractivity contribution is 6.48. The third-order valence-electron chi connectivity index (χ3n) is 2.64. The Morgan fingerprint density at radius 2 is 2.05 bits per heavy atom. The number of nitrogen functional groups attached to an aromatic ring is 1. The van der Waals surface area contributed by atoms with Crippen molar-refractivity contribution in [1.82, 2.24) is 9.78 Å². The summed E-state index contributed by atoms with van der Waals surface area (Å²) in [6, 6.07) is 5.22. The molecule has 2 rings (SSSR count). The lowest BCUT2D eigenvalue weighted by atomic mass is 10.2. The third kappa shape index (κ3) is 2.43. The average molecular weight is 332 g/mol. The first-order valence-electron chi connectivity index (χ1n) is 5.41. The standard InChI is InChI=1S/C12H9Cl3N4O/c1-20-5-9-6(4-16)12(17)18-19(9)8-3-2-7(13)10(14)11(8)15/h2-3H,5H2,1H3,(H2,17,18). The summed E-state index contributed by atoms with van der Waals surface area (Å²) in [6.07, 6.45) is 0. The first-order valence-corrected chi connectivity index (χ1v) is 6.55. The topological polar surface area (TPSA) is 76.9 Å². The largest absolute Gasteiger partial charge is 0.381 e. The molecule has 0 atom stereocenters. The summed E-state index contributed by atoms with van der Waals surface area (Å²) in [6.45, 7) is 0.156. The fourth-order valence-corrected chi connectivity index (χ4v) is 2.35. The molecular weight excluding hydrogens is 323 g/mol. The highest BCUT2D eigenvalue weighted by Crippen LogP contribution is 2.35. The predicted molar refractivity (Wildman–Crippen MR) is 78.4 cm³/mol. The molecule has 2 aromatic rings. The monoisotopic (exact) mass is 330 g/mol. The zero-order valence-corrected chi connectivity index (χ0v) is 12.6. The Morgan fingerprint density at radius 3 is 2.65 bits per heavy atom. The number of halogens is 3. The SMILES string of the molecule is COCc1c(C#N)c(N)nn1-c1ccc(Cl)c(Cl)c1Cl. The lowest BCUT2D eigenvalue weighted by molar-refractivity contribution is 0.179. The lowest BCUT2D eigenvalue weighted by Gasteiger charge is -2.10. The molecule has 1 aromatic carbocycles. The van der Waals surface area contributed by atoms with E-state index >= 15 is 0 Å². The molecule has 0 aliphatic heterocycles. The van der Waals surface area contributed by atoms with Crippen molar-refractivity contribution in [2.75, 3.05) is 12.8 Å². The number of nitrogens with zero attached hydrogens (tertiary/aromatic N) is 3. The first-order chi connectivity index (χ1) is 9.51. The van der Waals surface area contributed by atoms with Crippen molar-refractivity contribution in [3.63, 3.8) is 0 Å². The molecule has 0 amide bonds. The zero-order chi connectivity index (χ0) is 14.9. The van der Waals surface area contributed by atoms with Crippen LogP contribution in [0, 0.1) is 11.3 Å². The highest BCUT2D eigenvalue weighted by atomic mass is 35.5. The van der Waals surface area contributed by atoms with Gasteiger partial charge in [-0.2, -0.15) is 5.26 Å². The van der Waals surface area contributed by atoms with E-state index < -0.39 is 0 Å². The van der Waals surface area contributed by atoms with Gasteiger partial charge in [-0.25, -0.2) is 4.68 Å². The second-order valence-corrected chi connectivity index (χ2v) is 5.02. The quantitative estimate of drug-likeness (QED) is 0.874. The van der Waals surface area contributed by atoms with Crippen molar-refractivity contribution in [2.45, 2.75) is 6.61 Å². The number of hydrogen-bond donors (Lipinski definition) is 1. The van der Waals surface area contributed by atoms with E-state index in [1.807, 2.05) is 6.07 Å². The van der Waals surface area contributed by atoms with Gasteiger partial charge in [-0.05, 0) is 12.1 Å². The van der Waals surface area contributed by atoms with Gasteiger partial charge in [0.25, 0.3) is 0 Å². The van der Waals surface area contributed by atoms with E-state index in [9.17, 15) is 0 Å². The van der Waals surface area contributed by atoms with Gasteiger partial charge in [0.15, 0.2) is 5.82 Å². The Morgan fingerprint density at radius 1 is 1.35 bits per heavy atom. The fraction of sp³-hybridized carbons (Fsp3) is 0.167. The summed E-state index contributed by atoms with van der Waals surface area (Å²) in [5.41, 5.74) is 6.94. The minimum atomic E-state index is 0.0988. The van der Waals surface area contributed by atoms with Crippen molar-refractivity contribution in [3.05, 3.63) is 38.5 Å². The second kappa shape index (κ2) is 5.90. The van der Waals surface area contributed by atoms with Crippen LogP contribution >= 0.6 is 34.8 Å². The molecule has 0 aliphatic carbocycles. The van der Waals surface area contributed by atoms with Crippen molar-refractivity contribution in [3.8, 4) is 11.8 Å². The Hall–Kier alpha value is -1.45. The molecule has 5 nitrogen and oxygen atoms in total. The van der Waals surface area contributed by atoms with Crippen molar-refractivity contribution in [1.29, 1.82) is 5.26 Å². The van der Waals surface area contributed by atoms with Gasteiger partial charge in [0.2, 0.25) is 0 Å². The van der Waals surface area contributed by atoms with Crippen molar-refractivity contribution >= 4 is 40.6 Å². The number of hydrogen-bond acceptors (Lipinski definition) is 4. The lowest BCUT2D eigenvalue weighted by Crippen LogP contribution is -2.05. The van der Waals surface area contributed by atoms with Gasteiger partial charge in [-0.3, -0.25) is 0 Å². The molecule has 20 heavy (non-hydrogen) atoms. The zero-order valence-electron chi connectivity index (χ0n) is 10.3. The van der Waals surface area contributed by atoms with Crippen LogP contribution < -0.4 is 5.73 Å². The molecule has 0 spiro atoms. The third-order valence-corrected chi connectivity index (χ3v) is 3.93. The van der Waals surface area contributed by atoms with Gasteiger partial charge in [-0.15, -0.1) is 5.10 Å². The van der Waals surface area contributed by atoms with Gasteiger partial charge in [-0.1, -0.05) is 34.8 Å². The normalized spacial score (nSPS) is 10.6. The maximum Gasteiger partial charge on any atom is 0.164 e. The smallest absolute Gasteiger partial charge is 0.164 e. The second-order valence-electron chi connectivity index (χ2n) is 3.86. The van der Waals surface area contributed by atoms with Crippen LogP contribution in [0.15, 0.2) is 12.1 Å². The molecule has 0 fully saturated rings. The number of aromatic nitrogens is 2. The van der Waals surface area contributed by atoms with Crippen LogP contribution in [-0.4, -0.2) is 16.9 Å². The van der Waals surface area contributed by atoms with Crippen LogP contribution in [0.4, 0.5) is 5.82 Å². The van der Waals surface area contributed by atoms with Crippen LogP contribution in [0.3, 0.4) is 0 Å². The van der Waals surface area contributed by atoms with Crippen molar-refractivity contribution < 1.29 is 4.74 Å². The Labute approximate surface area is 130 Å². The molecule has 0 bridgehead atoms. The van der Waals surface area contributed by atoms with E-state index in [2.05, 4.69) is 5.10 Å². The van der Waals surface area contributed by atoms with E-state index in [1.54, 1.807) is 12.1 Å². The maximum atomic E-state index is 9.14. The summed E-state index contributed by atoms with van der Waals surface area (Å²) < 4.78 is 6.50. The van der Waals surface area contributed by atoms with Crippen molar-refractivity contribution in [2.24, 2.45) is 0 Å². The molecular formula is C12H9Cl3N4O. The van der Waals surface area contributed by atoms with Gasteiger partial charge < -0.3 is 10.5 Å². The van der Waals surface area contributed by atoms with Crippen LogP contribution in [-0.2, 0) is 11.3 Å². The summed E-state index contributed by atoms with van der Waals surface area (Å²) in [4.78, 5) is 0. The summed E-state index contributed by atoms with van der Waals surface area (Å²) >= 11 is 18.1. The minimum absolute atomic E-state index is 0.0988. The van der Waals surface area contributed by atoms with Crippen LogP contribution in [0.2, 0.25) is 15.1 Å².